The van der Waals surface area contributed by atoms with Gasteiger partial charge in [0.2, 0.25) is 0 Å². The molecule has 0 spiro atoms. The lowest BCUT2D eigenvalue weighted by Gasteiger charge is -2.34. The molecule has 36 heavy (non-hydrogen) atoms. The van der Waals surface area contributed by atoms with Crippen LogP contribution in [0.1, 0.15) is 58.4 Å². The van der Waals surface area contributed by atoms with E-state index in [1.807, 2.05) is 19.9 Å². The van der Waals surface area contributed by atoms with Crippen LogP contribution in [0.25, 0.3) is 0 Å². The Hall–Kier alpha value is -2.73. The third kappa shape index (κ3) is 8.44. The molecule has 3 rings (SSSR count). The van der Waals surface area contributed by atoms with Gasteiger partial charge in [0, 0.05) is 38.3 Å². The minimum Gasteiger partial charge on any atom is -0.490 e. The van der Waals surface area contributed by atoms with Crippen molar-refractivity contribution in [3.63, 3.8) is 0 Å². The van der Waals surface area contributed by atoms with Crippen molar-refractivity contribution < 1.29 is 19.0 Å². The van der Waals surface area contributed by atoms with E-state index in [1.54, 1.807) is 0 Å². The van der Waals surface area contributed by atoms with Crippen LogP contribution in [0.3, 0.4) is 0 Å². The first-order valence-electron chi connectivity index (χ1n) is 13.7. The maximum absolute atomic E-state index is 12.3. The molecule has 1 aliphatic rings. The summed E-state index contributed by atoms with van der Waals surface area (Å²) in [7, 11) is 0. The Morgan fingerprint density at radius 1 is 0.972 bits per heavy atom. The van der Waals surface area contributed by atoms with Crippen LogP contribution < -0.4 is 14.5 Å². The van der Waals surface area contributed by atoms with Crippen molar-refractivity contribution in [2.75, 3.05) is 55.8 Å². The predicted octanol–water partition coefficient (Wildman–Crippen LogP) is 5.87. The van der Waals surface area contributed by atoms with Crippen molar-refractivity contribution in [3.05, 3.63) is 54.1 Å². The van der Waals surface area contributed by atoms with E-state index in [-0.39, 0.29) is 5.97 Å². The Kier molecular flexibility index (Phi) is 11.9. The van der Waals surface area contributed by atoms with Gasteiger partial charge in [0.05, 0.1) is 18.8 Å². The Labute approximate surface area is 217 Å². The summed E-state index contributed by atoms with van der Waals surface area (Å²) >= 11 is 0. The summed E-state index contributed by atoms with van der Waals surface area (Å²) in [6.45, 7) is 11.4. The number of ether oxygens (including phenoxy) is 3. The first kappa shape index (κ1) is 27.9. The standard InChI is InChI=1S/C30H44N2O4/c1-4-7-8-9-12-19-31(20-21-32-22-23-36-28-14-11-10-13-27(28)32)26-17-15-25(16-18-26)24-29(34-5-2)30(33)35-6-3/h10-11,13-18,29H,4-9,12,19-24H2,1-3H3. The molecule has 2 aromatic rings. The number of unbranched alkanes of at least 4 members (excludes halogenated alkanes) is 4. The first-order chi connectivity index (χ1) is 17.7. The van der Waals surface area contributed by atoms with E-state index >= 15 is 0 Å². The quantitative estimate of drug-likeness (QED) is 0.214. The van der Waals surface area contributed by atoms with Crippen LogP contribution in [0.15, 0.2) is 48.5 Å². The second kappa shape index (κ2) is 15.4. The highest BCUT2D eigenvalue weighted by atomic mass is 16.6. The van der Waals surface area contributed by atoms with Crippen LogP contribution in [0.4, 0.5) is 11.4 Å². The molecule has 1 aliphatic heterocycles. The lowest BCUT2D eigenvalue weighted by Crippen LogP contribution is -2.39. The lowest BCUT2D eigenvalue weighted by molar-refractivity contribution is -0.156. The van der Waals surface area contributed by atoms with Crippen molar-refractivity contribution in [1.82, 2.24) is 0 Å². The molecule has 6 nitrogen and oxygen atoms in total. The lowest BCUT2D eigenvalue weighted by atomic mass is 10.1. The number of rotatable bonds is 16. The molecular formula is C30H44N2O4. The average molecular weight is 497 g/mol. The first-order valence-corrected chi connectivity index (χ1v) is 13.7. The Morgan fingerprint density at radius 2 is 1.75 bits per heavy atom. The maximum atomic E-state index is 12.3. The molecule has 0 fully saturated rings. The van der Waals surface area contributed by atoms with Crippen molar-refractivity contribution in [2.45, 2.75) is 65.4 Å². The van der Waals surface area contributed by atoms with Gasteiger partial charge in [0.1, 0.15) is 12.4 Å². The van der Waals surface area contributed by atoms with E-state index in [9.17, 15) is 4.79 Å². The second-order valence-electron chi connectivity index (χ2n) is 9.27. The smallest absolute Gasteiger partial charge is 0.335 e. The normalized spacial score (nSPS) is 13.6. The minimum atomic E-state index is -0.558. The highest BCUT2D eigenvalue weighted by molar-refractivity contribution is 5.75. The molecule has 1 unspecified atom stereocenters. The molecule has 0 aliphatic carbocycles. The molecular weight excluding hydrogens is 452 g/mol. The number of hydrogen-bond acceptors (Lipinski definition) is 6. The molecule has 6 heteroatoms. The van der Waals surface area contributed by atoms with Gasteiger partial charge in [-0.25, -0.2) is 4.79 Å². The van der Waals surface area contributed by atoms with Crippen LogP contribution in [0.5, 0.6) is 5.75 Å². The highest BCUT2D eigenvalue weighted by Crippen LogP contribution is 2.31. The van der Waals surface area contributed by atoms with Gasteiger partial charge in [-0.2, -0.15) is 0 Å². The second-order valence-corrected chi connectivity index (χ2v) is 9.27. The Morgan fingerprint density at radius 3 is 2.50 bits per heavy atom. The van der Waals surface area contributed by atoms with Gasteiger partial charge in [-0.3, -0.25) is 0 Å². The molecule has 0 radical (unpaired) electrons. The summed E-state index contributed by atoms with van der Waals surface area (Å²) in [6.07, 6.45) is 6.28. The maximum Gasteiger partial charge on any atom is 0.335 e. The fraction of sp³-hybridized carbons (Fsp3) is 0.567. The van der Waals surface area contributed by atoms with Gasteiger partial charge < -0.3 is 24.0 Å². The fourth-order valence-electron chi connectivity index (χ4n) is 4.68. The SMILES string of the molecule is CCCCCCCN(CCN1CCOc2ccccc21)c1ccc(CC(OCC)C(=O)OCC)cc1. The van der Waals surface area contributed by atoms with Crippen LogP contribution in [-0.4, -0.2) is 58.1 Å². The number of nitrogens with zero attached hydrogens (tertiary/aromatic N) is 2. The van der Waals surface area contributed by atoms with Crippen LogP contribution in [-0.2, 0) is 20.7 Å². The molecule has 198 valence electrons. The summed E-state index contributed by atoms with van der Waals surface area (Å²) in [5, 5.41) is 0. The number of anilines is 2. The fourth-order valence-corrected chi connectivity index (χ4v) is 4.68. The van der Waals surface area contributed by atoms with Gasteiger partial charge in [-0.05, 0) is 50.1 Å². The summed E-state index contributed by atoms with van der Waals surface area (Å²) in [4.78, 5) is 17.2. The molecule has 0 bridgehead atoms. The van der Waals surface area contributed by atoms with Crippen LogP contribution in [0.2, 0.25) is 0 Å². The zero-order chi connectivity index (χ0) is 25.6. The Balaban J connectivity index is 1.66. The zero-order valence-electron chi connectivity index (χ0n) is 22.4. The molecule has 0 aromatic heterocycles. The van der Waals surface area contributed by atoms with Crippen molar-refractivity contribution in [2.24, 2.45) is 0 Å². The van der Waals surface area contributed by atoms with Crippen molar-refractivity contribution in [1.29, 1.82) is 0 Å². The minimum absolute atomic E-state index is 0.289. The van der Waals surface area contributed by atoms with Crippen molar-refractivity contribution in [3.8, 4) is 5.75 Å². The summed E-state index contributed by atoms with van der Waals surface area (Å²) in [5.41, 5.74) is 3.48. The number of esters is 1. The van der Waals surface area contributed by atoms with Gasteiger partial charge in [0.25, 0.3) is 0 Å². The molecule has 0 saturated carbocycles. The number of fused-ring (bicyclic) bond motifs is 1. The number of carbonyl (C=O) groups excluding carboxylic acids is 1. The van der Waals surface area contributed by atoms with E-state index in [4.69, 9.17) is 14.2 Å². The average Bonchev–Trinajstić information content (AvgIpc) is 2.90. The number of hydrogen-bond donors (Lipinski definition) is 0. The molecule has 1 heterocycles. The van der Waals surface area contributed by atoms with Gasteiger partial charge in [-0.1, -0.05) is 56.9 Å². The molecule has 0 saturated heterocycles. The van der Waals surface area contributed by atoms with Crippen LogP contribution in [0, 0.1) is 0 Å². The highest BCUT2D eigenvalue weighted by Gasteiger charge is 2.21. The van der Waals surface area contributed by atoms with E-state index < -0.39 is 6.10 Å². The monoisotopic (exact) mass is 496 g/mol. The number of para-hydroxylation sites is 2. The third-order valence-corrected chi connectivity index (χ3v) is 6.64. The third-order valence-electron chi connectivity index (χ3n) is 6.64. The Bertz CT molecular complexity index is 902. The molecule has 0 N–H and O–H groups in total. The van der Waals surface area contributed by atoms with Gasteiger partial charge in [0.15, 0.2) is 6.10 Å². The van der Waals surface area contributed by atoms with E-state index in [0.717, 1.165) is 44.1 Å². The van der Waals surface area contributed by atoms with Crippen molar-refractivity contribution >= 4 is 17.3 Å². The van der Waals surface area contributed by atoms with Gasteiger partial charge in [-0.15, -0.1) is 0 Å². The zero-order valence-corrected chi connectivity index (χ0v) is 22.4. The summed E-state index contributed by atoms with van der Waals surface area (Å²) in [5.74, 6) is 0.688. The van der Waals surface area contributed by atoms with E-state index in [0.29, 0.717) is 19.6 Å². The molecule has 1 atom stereocenters. The topological polar surface area (TPSA) is 51.2 Å². The van der Waals surface area contributed by atoms with E-state index in [2.05, 4.69) is 59.2 Å². The van der Waals surface area contributed by atoms with Gasteiger partial charge >= 0.3 is 5.97 Å². The van der Waals surface area contributed by atoms with Crippen LogP contribution >= 0.6 is 0 Å². The summed E-state index contributed by atoms with van der Waals surface area (Å²) < 4.78 is 16.7. The number of carbonyl (C=O) groups is 1. The predicted molar refractivity (Wildman–Crippen MR) is 147 cm³/mol. The number of benzene rings is 2. The largest absolute Gasteiger partial charge is 0.490 e. The molecule has 0 amide bonds. The summed E-state index contributed by atoms with van der Waals surface area (Å²) in [6, 6.07) is 16.9. The van der Waals surface area contributed by atoms with E-state index in [1.165, 1.54) is 43.5 Å². The molecule has 2 aromatic carbocycles.